The molecule has 0 atom stereocenters. The third kappa shape index (κ3) is 2.94. The van der Waals surface area contributed by atoms with Gasteiger partial charge in [-0.15, -0.1) is 0 Å². The largest absolute Gasteiger partial charge is 0.393 e. The maximum absolute atomic E-state index is 12.2. The number of hydrogen-bond donors (Lipinski definition) is 1. The minimum Gasteiger partial charge on any atom is -0.393 e. The second-order valence-corrected chi connectivity index (χ2v) is 5.10. The molecule has 6 nitrogen and oxygen atoms in total. The van der Waals surface area contributed by atoms with Crippen LogP contribution in [-0.2, 0) is 6.54 Å². The highest BCUT2D eigenvalue weighted by Gasteiger charge is 2.18. The number of thiophene rings is 1. The lowest BCUT2D eigenvalue weighted by Crippen LogP contribution is -2.26. The van der Waals surface area contributed by atoms with Crippen LogP contribution in [0.2, 0.25) is 0 Å². The normalized spacial score (nSPS) is 10.2. The molecule has 2 aromatic rings. The number of hydrogen-bond acceptors (Lipinski definition) is 5. The maximum atomic E-state index is 12.2. The van der Waals surface area contributed by atoms with Gasteiger partial charge < -0.3 is 10.6 Å². The van der Waals surface area contributed by atoms with Gasteiger partial charge in [-0.2, -0.15) is 11.3 Å². The van der Waals surface area contributed by atoms with E-state index in [0.29, 0.717) is 6.54 Å². The minimum absolute atomic E-state index is 0.0482. The molecule has 0 aliphatic carbocycles. The second kappa shape index (κ2) is 5.70. The monoisotopic (exact) mass is 291 g/mol. The first-order valence-electron chi connectivity index (χ1n) is 5.79. The summed E-state index contributed by atoms with van der Waals surface area (Å²) in [4.78, 5) is 24.0. The maximum Gasteiger partial charge on any atom is 0.292 e. The van der Waals surface area contributed by atoms with Crippen molar-refractivity contribution in [2.45, 2.75) is 6.54 Å². The molecule has 0 aliphatic heterocycles. The van der Waals surface area contributed by atoms with Crippen molar-refractivity contribution < 1.29 is 9.72 Å². The summed E-state index contributed by atoms with van der Waals surface area (Å²) in [5, 5.41) is 14.7. The predicted octanol–water partition coefficient (Wildman–Crippen LogP) is 2.51. The van der Waals surface area contributed by atoms with Crippen molar-refractivity contribution in [2.24, 2.45) is 0 Å². The molecule has 20 heavy (non-hydrogen) atoms. The Kier molecular flexibility index (Phi) is 3.99. The summed E-state index contributed by atoms with van der Waals surface area (Å²) in [7, 11) is 1.65. The number of nitro benzene ring substituents is 1. The molecule has 0 spiro atoms. The number of rotatable bonds is 4. The van der Waals surface area contributed by atoms with Gasteiger partial charge in [-0.1, -0.05) is 0 Å². The van der Waals surface area contributed by atoms with E-state index in [2.05, 4.69) is 0 Å². The van der Waals surface area contributed by atoms with Crippen molar-refractivity contribution in [3.8, 4) is 0 Å². The van der Waals surface area contributed by atoms with E-state index in [9.17, 15) is 14.9 Å². The van der Waals surface area contributed by atoms with Crippen LogP contribution < -0.4 is 5.73 Å². The summed E-state index contributed by atoms with van der Waals surface area (Å²) in [6.45, 7) is 0.459. The Morgan fingerprint density at radius 3 is 2.80 bits per heavy atom. The lowest BCUT2D eigenvalue weighted by Gasteiger charge is -2.16. The zero-order valence-corrected chi connectivity index (χ0v) is 11.6. The molecule has 0 unspecified atom stereocenters. The number of nitrogens with zero attached hydrogens (tertiary/aromatic N) is 2. The molecule has 7 heteroatoms. The van der Waals surface area contributed by atoms with E-state index in [1.165, 1.54) is 23.1 Å². The fourth-order valence-electron chi connectivity index (χ4n) is 1.78. The summed E-state index contributed by atoms with van der Waals surface area (Å²) in [5.74, 6) is -0.278. The first-order chi connectivity index (χ1) is 9.49. The topological polar surface area (TPSA) is 89.5 Å². The highest BCUT2D eigenvalue weighted by atomic mass is 32.1. The van der Waals surface area contributed by atoms with Crippen LogP contribution >= 0.6 is 11.3 Å². The molecule has 0 aliphatic rings. The lowest BCUT2D eigenvalue weighted by atomic mass is 10.1. The number of amides is 1. The van der Waals surface area contributed by atoms with Gasteiger partial charge in [-0.3, -0.25) is 14.9 Å². The molecule has 104 valence electrons. The minimum atomic E-state index is -0.592. The van der Waals surface area contributed by atoms with E-state index in [1.54, 1.807) is 18.4 Å². The third-order valence-corrected chi connectivity index (χ3v) is 3.55. The third-order valence-electron chi connectivity index (χ3n) is 2.82. The van der Waals surface area contributed by atoms with E-state index in [-0.39, 0.29) is 22.8 Å². The average molecular weight is 291 g/mol. The molecule has 1 amide bonds. The van der Waals surface area contributed by atoms with Gasteiger partial charge in [0.2, 0.25) is 0 Å². The number of nitro groups is 1. The highest BCUT2D eigenvalue weighted by molar-refractivity contribution is 7.07. The molecule has 0 saturated heterocycles. The Balaban J connectivity index is 2.20. The second-order valence-electron chi connectivity index (χ2n) is 4.32. The van der Waals surface area contributed by atoms with Gasteiger partial charge in [0.15, 0.2) is 0 Å². The van der Waals surface area contributed by atoms with E-state index < -0.39 is 4.92 Å². The van der Waals surface area contributed by atoms with E-state index >= 15 is 0 Å². The fourth-order valence-corrected chi connectivity index (χ4v) is 2.44. The average Bonchev–Trinajstić information content (AvgIpc) is 2.91. The predicted molar refractivity (Wildman–Crippen MR) is 77.6 cm³/mol. The number of benzene rings is 1. The Hall–Kier alpha value is -2.41. The number of carbonyl (C=O) groups is 1. The van der Waals surface area contributed by atoms with Crippen molar-refractivity contribution in [3.63, 3.8) is 0 Å². The van der Waals surface area contributed by atoms with Crippen molar-refractivity contribution >= 4 is 28.6 Å². The summed E-state index contributed by atoms with van der Waals surface area (Å²) < 4.78 is 0. The van der Waals surface area contributed by atoms with E-state index in [1.807, 2.05) is 16.8 Å². The van der Waals surface area contributed by atoms with E-state index in [0.717, 1.165) is 5.56 Å². The van der Waals surface area contributed by atoms with Crippen LogP contribution in [0.4, 0.5) is 11.4 Å². The SMILES string of the molecule is CN(Cc1ccsc1)C(=O)c1ccc(N)c([N+](=O)[O-])c1. The molecule has 0 saturated carbocycles. The van der Waals surface area contributed by atoms with Gasteiger partial charge >= 0.3 is 0 Å². The summed E-state index contributed by atoms with van der Waals surface area (Å²) in [6.07, 6.45) is 0. The van der Waals surface area contributed by atoms with Crippen LogP contribution in [0.1, 0.15) is 15.9 Å². The Morgan fingerprint density at radius 1 is 1.45 bits per heavy atom. The lowest BCUT2D eigenvalue weighted by molar-refractivity contribution is -0.383. The first-order valence-corrected chi connectivity index (χ1v) is 6.74. The molecular formula is C13H13N3O3S. The van der Waals surface area contributed by atoms with Crippen LogP contribution in [-0.4, -0.2) is 22.8 Å². The first kappa shape index (κ1) is 14.0. The van der Waals surface area contributed by atoms with Crippen molar-refractivity contribution in [1.82, 2.24) is 4.90 Å². The fraction of sp³-hybridized carbons (Fsp3) is 0.154. The van der Waals surface area contributed by atoms with Gasteiger partial charge in [-0.25, -0.2) is 0 Å². The van der Waals surface area contributed by atoms with Gasteiger partial charge in [0.1, 0.15) is 5.69 Å². The highest BCUT2D eigenvalue weighted by Crippen LogP contribution is 2.23. The number of anilines is 1. The van der Waals surface area contributed by atoms with E-state index in [4.69, 9.17) is 5.73 Å². The molecule has 0 bridgehead atoms. The van der Waals surface area contributed by atoms with Crippen LogP contribution in [0.25, 0.3) is 0 Å². The zero-order chi connectivity index (χ0) is 14.7. The summed E-state index contributed by atoms with van der Waals surface area (Å²) >= 11 is 1.55. The van der Waals surface area contributed by atoms with Crippen LogP contribution in [0.15, 0.2) is 35.0 Å². The van der Waals surface area contributed by atoms with Gasteiger partial charge in [0.05, 0.1) is 4.92 Å². The Labute approximate surface area is 119 Å². The van der Waals surface area contributed by atoms with Crippen molar-refractivity contribution in [1.29, 1.82) is 0 Å². The smallest absolute Gasteiger partial charge is 0.292 e. The molecule has 1 aromatic heterocycles. The quantitative estimate of drug-likeness (QED) is 0.532. The number of carbonyl (C=O) groups excluding carboxylic acids is 1. The number of nitrogen functional groups attached to an aromatic ring is 1. The van der Waals surface area contributed by atoms with Gasteiger partial charge in [0.25, 0.3) is 11.6 Å². The molecular weight excluding hydrogens is 278 g/mol. The molecule has 0 radical (unpaired) electrons. The Bertz CT molecular complexity index is 640. The summed E-state index contributed by atoms with van der Waals surface area (Å²) in [6, 6.07) is 6.01. The van der Waals surface area contributed by atoms with Crippen LogP contribution in [0.3, 0.4) is 0 Å². The van der Waals surface area contributed by atoms with Crippen LogP contribution in [0, 0.1) is 10.1 Å². The summed E-state index contributed by atoms with van der Waals surface area (Å²) in [5.41, 5.74) is 6.59. The van der Waals surface area contributed by atoms with Crippen LogP contribution in [0.5, 0.6) is 0 Å². The van der Waals surface area contributed by atoms with Gasteiger partial charge in [0, 0.05) is 25.2 Å². The van der Waals surface area contributed by atoms with Crippen molar-refractivity contribution in [2.75, 3.05) is 12.8 Å². The van der Waals surface area contributed by atoms with Gasteiger partial charge in [-0.05, 0) is 34.5 Å². The molecule has 2 N–H and O–H groups in total. The zero-order valence-electron chi connectivity index (χ0n) is 10.8. The Morgan fingerprint density at radius 2 is 2.20 bits per heavy atom. The molecule has 1 aromatic carbocycles. The molecule has 0 fully saturated rings. The standard InChI is InChI=1S/C13H13N3O3S/c1-15(7-9-4-5-20-8-9)13(17)10-2-3-11(14)12(6-10)16(18)19/h2-6,8H,7,14H2,1H3. The molecule has 2 rings (SSSR count). The number of nitrogens with two attached hydrogens (primary N) is 1. The van der Waals surface area contributed by atoms with Crippen molar-refractivity contribution in [3.05, 3.63) is 56.3 Å². The molecule has 1 heterocycles.